The van der Waals surface area contributed by atoms with Gasteiger partial charge in [-0.25, -0.2) is 4.98 Å². The van der Waals surface area contributed by atoms with Crippen molar-refractivity contribution in [1.82, 2.24) is 4.98 Å². The Bertz CT molecular complexity index is 546. The van der Waals surface area contributed by atoms with Crippen LogP contribution in [0.2, 0.25) is 0 Å². The summed E-state index contributed by atoms with van der Waals surface area (Å²) >= 11 is 1.25. The van der Waals surface area contributed by atoms with Crippen molar-refractivity contribution >= 4 is 17.2 Å². The number of carbonyl (C=O) groups excluding carboxylic acids is 1. The lowest BCUT2D eigenvalue weighted by molar-refractivity contribution is 0.1000. The van der Waals surface area contributed by atoms with Crippen LogP contribution in [0.3, 0.4) is 0 Å². The topological polar surface area (TPSA) is 65.2 Å². The number of nitrogens with two attached hydrogens (primary N) is 1. The molecule has 0 spiro atoms. The van der Waals surface area contributed by atoms with E-state index in [1.54, 1.807) is 0 Å². The first-order valence-corrected chi connectivity index (χ1v) is 6.46. The second-order valence-electron chi connectivity index (χ2n) is 4.09. The van der Waals surface area contributed by atoms with E-state index in [2.05, 4.69) is 4.98 Å². The van der Waals surface area contributed by atoms with Crippen LogP contribution in [0.5, 0.6) is 5.75 Å². The van der Waals surface area contributed by atoms with Gasteiger partial charge >= 0.3 is 0 Å². The zero-order valence-electron chi connectivity index (χ0n) is 10.2. The van der Waals surface area contributed by atoms with Gasteiger partial charge < -0.3 is 10.5 Å². The number of nitrogens with zero attached hydrogens (tertiary/aromatic N) is 1. The fourth-order valence-corrected chi connectivity index (χ4v) is 2.18. The zero-order valence-corrected chi connectivity index (χ0v) is 11.0. The molecule has 1 heterocycles. The molecule has 2 rings (SSSR count). The predicted octanol–water partition coefficient (Wildman–Crippen LogP) is 2.70. The maximum absolute atomic E-state index is 11.0. The molecule has 0 aliphatic carbocycles. The van der Waals surface area contributed by atoms with Gasteiger partial charge in [-0.05, 0) is 38.1 Å². The van der Waals surface area contributed by atoms with Crippen LogP contribution in [-0.2, 0) is 0 Å². The number of carbonyl (C=O) groups is 1. The van der Waals surface area contributed by atoms with Crippen LogP contribution in [0.1, 0.15) is 23.6 Å². The number of thiazole rings is 1. The molecule has 94 valence electrons. The van der Waals surface area contributed by atoms with Crippen molar-refractivity contribution in [3.63, 3.8) is 0 Å². The highest BCUT2D eigenvalue weighted by atomic mass is 32.1. The lowest BCUT2D eigenvalue weighted by atomic mass is 10.2. The Balaban J connectivity index is 2.20. The van der Waals surface area contributed by atoms with Gasteiger partial charge in [0.15, 0.2) is 5.01 Å². The third kappa shape index (κ3) is 2.87. The molecule has 0 aliphatic rings. The Morgan fingerprint density at radius 3 is 2.50 bits per heavy atom. The summed E-state index contributed by atoms with van der Waals surface area (Å²) in [7, 11) is 0. The molecule has 4 nitrogen and oxygen atoms in total. The Morgan fingerprint density at radius 2 is 2.00 bits per heavy atom. The highest BCUT2D eigenvalue weighted by Crippen LogP contribution is 2.24. The third-order valence-corrected chi connectivity index (χ3v) is 3.09. The number of amides is 1. The van der Waals surface area contributed by atoms with Gasteiger partial charge in [0.25, 0.3) is 5.91 Å². The highest BCUT2D eigenvalue weighted by molar-refractivity contribution is 7.12. The van der Waals surface area contributed by atoms with Crippen molar-refractivity contribution < 1.29 is 9.53 Å². The first kappa shape index (κ1) is 12.6. The van der Waals surface area contributed by atoms with Gasteiger partial charge in [0, 0.05) is 10.9 Å². The molecule has 2 N–H and O–H groups in total. The predicted molar refractivity (Wildman–Crippen MR) is 71.8 cm³/mol. The van der Waals surface area contributed by atoms with Crippen LogP contribution in [0.25, 0.3) is 11.3 Å². The Morgan fingerprint density at radius 1 is 1.33 bits per heavy atom. The van der Waals surface area contributed by atoms with E-state index in [1.165, 1.54) is 11.3 Å². The maximum atomic E-state index is 11.0. The summed E-state index contributed by atoms with van der Waals surface area (Å²) in [4.78, 5) is 15.1. The van der Waals surface area contributed by atoms with Gasteiger partial charge in [-0.3, -0.25) is 4.79 Å². The molecular weight excluding hydrogens is 248 g/mol. The molecule has 1 aromatic carbocycles. The van der Waals surface area contributed by atoms with Gasteiger partial charge in [-0.2, -0.15) is 0 Å². The van der Waals surface area contributed by atoms with Gasteiger partial charge in [0.2, 0.25) is 0 Å². The Kier molecular flexibility index (Phi) is 3.62. The van der Waals surface area contributed by atoms with Crippen molar-refractivity contribution in [1.29, 1.82) is 0 Å². The van der Waals surface area contributed by atoms with Crippen molar-refractivity contribution in [2.45, 2.75) is 20.0 Å². The lowest BCUT2D eigenvalue weighted by Crippen LogP contribution is -2.10. The van der Waals surface area contributed by atoms with Gasteiger partial charge in [0.1, 0.15) is 5.75 Å². The minimum atomic E-state index is -0.494. The number of benzene rings is 1. The van der Waals surface area contributed by atoms with Crippen LogP contribution in [0, 0.1) is 0 Å². The molecule has 0 radical (unpaired) electrons. The maximum Gasteiger partial charge on any atom is 0.277 e. The zero-order chi connectivity index (χ0) is 13.1. The van der Waals surface area contributed by atoms with E-state index in [4.69, 9.17) is 10.5 Å². The second-order valence-corrected chi connectivity index (χ2v) is 4.95. The van der Waals surface area contributed by atoms with Gasteiger partial charge in [0.05, 0.1) is 11.8 Å². The summed E-state index contributed by atoms with van der Waals surface area (Å²) in [6, 6.07) is 7.60. The SMILES string of the molecule is CC(C)Oc1ccc(-c2csc(C(N)=O)n2)cc1. The lowest BCUT2D eigenvalue weighted by Gasteiger charge is -2.09. The number of ether oxygens (including phenoxy) is 1. The van der Waals surface area contributed by atoms with Gasteiger partial charge in [-0.15, -0.1) is 11.3 Å². The third-order valence-electron chi connectivity index (χ3n) is 2.24. The average molecular weight is 262 g/mol. The van der Waals surface area contributed by atoms with E-state index in [0.717, 1.165) is 17.0 Å². The fourth-order valence-electron chi connectivity index (χ4n) is 1.50. The van der Waals surface area contributed by atoms with Crippen molar-refractivity contribution in [3.8, 4) is 17.0 Å². The molecule has 1 aromatic heterocycles. The molecule has 0 fully saturated rings. The standard InChI is InChI=1S/C13H14N2O2S/c1-8(2)17-10-5-3-9(4-6-10)11-7-18-13(15-11)12(14)16/h3-8H,1-2H3,(H2,14,16). The van der Waals surface area contributed by atoms with Gasteiger partial charge in [-0.1, -0.05) is 0 Å². The van der Waals surface area contributed by atoms with Crippen LogP contribution in [0.15, 0.2) is 29.6 Å². The van der Waals surface area contributed by atoms with Crippen LogP contribution in [0.4, 0.5) is 0 Å². The summed E-state index contributed by atoms with van der Waals surface area (Å²) in [5.41, 5.74) is 6.87. The summed E-state index contributed by atoms with van der Waals surface area (Å²) in [6.45, 7) is 3.96. The largest absolute Gasteiger partial charge is 0.491 e. The molecule has 5 heteroatoms. The fraction of sp³-hybridized carbons (Fsp3) is 0.231. The minimum absolute atomic E-state index is 0.150. The number of hydrogen-bond donors (Lipinski definition) is 1. The first-order chi connectivity index (χ1) is 8.56. The van der Waals surface area contributed by atoms with E-state index in [-0.39, 0.29) is 6.10 Å². The molecule has 0 saturated heterocycles. The molecule has 0 unspecified atom stereocenters. The normalized spacial score (nSPS) is 10.6. The molecular formula is C13H14N2O2S. The number of rotatable bonds is 4. The van der Waals surface area contributed by atoms with E-state index >= 15 is 0 Å². The molecule has 18 heavy (non-hydrogen) atoms. The molecule has 0 bridgehead atoms. The average Bonchev–Trinajstić information content (AvgIpc) is 2.78. The molecule has 2 aromatic rings. The molecule has 0 aliphatic heterocycles. The number of hydrogen-bond acceptors (Lipinski definition) is 4. The van der Waals surface area contributed by atoms with Crippen molar-refractivity contribution in [2.24, 2.45) is 5.73 Å². The van der Waals surface area contributed by atoms with Crippen molar-refractivity contribution in [3.05, 3.63) is 34.7 Å². The van der Waals surface area contributed by atoms with Crippen LogP contribution < -0.4 is 10.5 Å². The monoisotopic (exact) mass is 262 g/mol. The highest BCUT2D eigenvalue weighted by Gasteiger charge is 2.08. The van der Waals surface area contributed by atoms with E-state index in [9.17, 15) is 4.79 Å². The number of aromatic nitrogens is 1. The van der Waals surface area contributed by atoms with E-state index in [1.807, 2.05) is 43.5 Å². The smallest absolute Gasteiger partial charge is 0.277 e. The summed E-state index contributed by atoms with van der Waals surface area (Å²) < 4.78 is 5.56. The minimum Gasteiger partial charge on any atom is -0.491 e. The number of primary amides is 1. The second kappa shape index (κ2) is 5.18. The van der Waals surface area contributed by atoms with Crippen LogP contribution >= 0.6 is 11.3 Å². The van der Waals surface area contributed by atoms with E-state index < -0.39 is 5.91 Å². The molecule has 0 saturated carbocycles. The molecule has 0 atom stereocenters. The molecule has 1 amide bonds. The van der Waals surface area contributed by atoms with Crippen molar-refractivity contribution in [2.75, 3.05) is 0 Å². The van der Waals surface area contributed by atoms with E-state index in [0.29, 0.717) is 5.01 Å². The quantitative estimate of drug-likeness (QED) is 0.921. The van der Waals surface area contributed by atoms with Crippen LogP contribution in [-0.4, -0.2) is 17.0 Å². The first-order valence-electron chi connectivity index (χ1n) is 5.58. The Labute approximate surface area is 109 Å². The summed E-state index contributed by atoms with van der Waals surface area (Å²) in [6.07, 6.45) is 0.150. The summed E-state index contributed by atoms with van der Waals surface area (Å²) in [5.74, 6) is 0.324. The summed E-state index contributed by atoms with van der Waals surface area (Å²) in [5, 5.41) is 2.14. The Hall–Kier alpha value is -1.88.